The Morgan fingerprint density at radius 3 is 2.72 bits per heavy atom. The molecule has 18 heavy (non-hydrogen) atoms. The summed E-state index contributed by atoms with van der Waals surface area (Å²) in [6.07, 6.45) is 6.21. The fourth-order valence-electron chi connectivity index (χ4n) is 2.85. The predicted octanol–water partition coefficient (Wildman–Crippen LogP) is 2.87. The zero-order valence-corrected chi connectivity index (χ0v) is 12.3. The summed E-state index contributed by atoms with van der Waals surface area (Å²) in [6, 6.07) is 2.19. The monoisotopic (exact) mass is 269 g/mol. The number of halogens is 1. The first-order valence-corrected chi connectivity index (χ1v) is 7.51. The van der Waals surface area contributed by atoms with Crippen LogP contribution in [-0.4, -0.2) is 22.2 Å². The molecule has 1 N–H and O–H groups in total. The summed E-state index contributed by atoms with van der Waals surface area (Å²) >= 11 is 6.15. The highest BCUT2D eigenvalue weighted by molar-refractivity contribution is 6.18. The summed E-state index contributed by atoms with van der Waals surface area (Å²) in [5.74, 6) is 0.783. The van der Waals surface area contributed by atoms with Gasteiger partial charge in [0.25, 0.3) is 0 Å². The molecule has 1 heterocycles. The van der Waals surface area contributed by atoms with E-state index in [0.29, 0.717) is 5.41 Å². The fraction of sp³-hybridized carbons (Fsp3) is 0.786. The number of hydrogen-bond donors (Lipinski definition) is 1. The van der Waals surface area contributed by atoms with Gasteiger partial charge in [0.05, 0.1) is 11.4 Å². The van der Waals surface area contributed by atoms with Crippen LogP contribution < -0.4 is 5.32 Å². The van der Waals surface area contributed by atoms with Crippen molar-refractivity contribution < 1.29 is 0 Å². The normalized spacial score (nSPS) is 18.4. The number of alkyl halides is 1. The topological polar surface area (TPSA) is 29.9 Å². The van der Waals surface area contributed by atoms with Crippen molar-refractivity contribution in [1.82, 2.24) is 15.1 Å². The molecule has 1 aromatic heterocycles. The largest absolute Gasteiger partial charge is 0.311 e. The van der Waals surface area contributed by atoms with Gasteiger partial charge in [-0.15, -0.1) is 11.6 Å². The van der Waals surface area contributed by atoms with E-state index in [1.165, 1.54) is 37.1 Å². The lowest BCUT2D eigenvalue weighted by atomic mass is 9.88. The minimum atomic E-state index is 0.341. The van der Waals surface area contributed by atoms with Gasteiger partial charge in [-0.2, -0.15) is 5.10 Å². The van der Waals surface area contributed by atoms with Crippen LogP contribution in [0.2, 0.25) is 0 Å². The van der Waals surface area contributed by atoms with Crippen molar-refractivity contribution >= 4 is 11.6 Å². The van der Waals surface area contributed by atoms with Crippen molar-refractivity contribution in [3.05, 3.63) is 17.5 Å². The molecule has 0 unspecified atom stereocenters. The van der Waals surface area contributed by atoms with E-state index in [0.717, 1.165) is 25.4 Å². The van der Waals surface area contributed by atoms with Crippen molar-refractivity contribution in [2.24, 2.45) is 12.5 Å². The van der Waals surface area contributed by atoms with Gasteiger partial charge in [-0.25, -0.2) is 0 Å². The van der Waals surface area contributed by atoms with Crippen molar-refractivity contribution in [1.29, 1.82) is 0 Å². The number of rotatable bonds is 6. The zero-order chi connectivity index (χ0) is 13.0. The van der Waals surface area contributed by atoms with Gasteiger partial charge in [-0.3, -0.25) is 4.68 Å². The third-order valence-electron chi connectivity index (χ3n) is 4.14. The summed E-state index contributed by atoms with van der Waals surface area (Å²) in [5, 5.41) is 8.04. The number of hydrogen-bond acceptors (Lipinski definition) is 2. The van der Waals surface area contributed by atoms with Gasteiger partial charge in [0.15, 0.2) is 0 Å². The van der Waals surface area contributed by atoms with Crippen LogP contribution in [0, 0.1) is 5.41 Å². The second kappa shape index (κ2) is 6.07. The molecule has 1 aromatic rings. The first-order chi connectivity index (χ1) is 8.69. The highest BCUT2D eigenvalue weighted by Crippen LogP contribution is 2.38. The van der Waals surface area contributed by atoms with E-state index in [1.54, 1.807) is 0 Å². The fourth-order valence-corrected chi connectivity index (χ4v) is 3.21. The Morgan fingerprint density at radius 1 is 1.44 bits per heavy atom. The van der Waals surface area contributed by atoms with E-state index < -0.39 is 0 Å². The lowest BCUT2D eigenvalue weighted by Gasteiger charge is -2.26. The van der Waals surface area contributed by atoms with Gasteiger partial charge in [-0.1, -0.05) is 19.8 Å². The predicted molar refractivity (Wildman–Crippen MR) is 75.9 cm³/mol. The molecule has 0 spiro atoms. The lowest BCUT2D eigenvalue weighted by Crippen LogP contribution is -2.33. The smallest absolute Gasteiger partial charge is 0.0625 e. The molecule has 3 nitrogen and oxygen atoms in total. The molecular weight excluding hydrogens is 246 g/mol. The summed E-state index contributed by atoms with van der Waals surface area (Å²) in [4.78, 5) is 0. The van der Waals surface area contributed by atoms with Crippen molar-refractivity contribution in [2.45, 2.75) is 45.6 Å². The van der Waals surface area contributed by atoms with Crippen LogP contribution in [0.15, 0.2) is 6.07 Å². The van der Waals surface area contributed by atoms with Crippen LogP contribution in [0.5, 0.6) is 0 Å². The molecule has 102 valence electrons. The number of nitrogens with one attached hydrogen (secondary N) is 1. The maximum atomic E-state index is 6.15. The molecule has 4 heteroatoms. The van der Waals surface area contributed by atoms with Crippen LogP contribution in [0.25, 0.3) is 0 Å². The summed E-state index contributed by atoms with van der Waals surface area (Å²) in [7, 11) is 2.02. The van der Waals surface area contributed by atoms with E-state index in [9.17, 15) is 0 Å². The first kappa shape index (κ1) is 13.9. The minimum absolute atomic E-state index is 0.341. The van der Waals surface area contributed by atoms with E-state index in [-0.39, 0.29) is 0 Å². The maximum absolute atomic E-state index is 6.15. The molecule has 1 aliphatic rings. The number of nitrogens with zero attached hydrogens (tertiary/aromatic N) is 2. The Labute approximate surface area is 115 Å². The third-order valence-corrected chi connectivity index (χ3v) is 4.71. The van der Waals surface area contributed by atoms with Crippen LogP contribution in [0.4, 0.5) is 0 Å². The first-order valence-electron chi connectivity index (χ1n) is 6.97. The Morgan fingerprint density at radius 2 is 2.17 bits per heavy atom. The second-order valence-electron chi connectivity index (χ2n) is 5.55. The molecule has 2 rings (SSSR count). The van der Waals surface area contributed by atoms with Gasteiger partial charge in [0.1, 0.15) is 0 Å². The Hall–Kier alpha value is -0.540. The van der Waals surface area contributed by atoms with E-state index in [2.05, 4.69) is 23.4 Å². The summed E-state index contributed by atoms with van der Waals surface area (Å²) in [5.41, 5.74) is 2.77. The van der Waals surface area contributed by atoms with Crippen molar-refractivity contribution in [3.63, 3.8) is 0 Å². The van der Waals surface area contributed by atoms with E-state index >= 15 is 0 Å². The number of aryl methyl sites for hydroxylation is 2. The highest BCUT2D eigenvalue weighted by Gasteiger charge is 2.32. The average molecular weight is 270 g/mol. The Balaban J connectivity index is 1.85. The number of aromatic nitrogens is 2. The van der Waals surface area contributed by atoms with Gasteiger partial charge in [0, 0.05) is 26.0 Å². The molecule has 1 saturated carbocycles. The quantitative estimate of drug-likeness (QED) is 0.805. The molecule has 0 radical (unpaired) electrons. The molecule has 0 saturated heterocycles. The Bertz CT molecular complexity index is 380. The second-order valence-corrected chi connectivity index (χ2v) is 5.82. The lowest BCUT2D eigenvalue weighted by molar-refractivity contribution is 0.318. The van der Waals surface area contributed by atoms with Crippen molar-refractivity contribution in [3.8, 4) is 0 Å². The SMILES string of the molecule is CCc1cc(CNCC2(CCl)CCCC2)n(C)n1. The molecule has 0 aliphatic heterocycles. The molecule has 0 aromatic carbocycles. The van der Waals surface area contributed by atoms with Gasteiger partial charge >= 0.3 is 0 Å². The standard InChI is InChI=1S/C14H24ClN3/c1-3-12-8-13(18(2)17-12)9-16-11-14(10-15)6-4-5-7-14/h8,16H,3-7,9-11H2,1-2H3. The Kier molecular flexibility index (Phi) is 4.68. The van der Waals surface area contributed by atoms with E-state index in [4.69, 9.17) is 11.6 Å². The molecule has 0 atom stereocenters. The van der Waals surface area contributed by atoms with Gasteiger partial charge in [0.2, 0.25) is 0 Å². The van der Waals surface area contributed by atoms with Crippen LogP contribution in [0.3, 0.4) is 0 Å². The van der Waals surface area contributed by atoms with E-state index in [1.807, 2.05) is 11.7 Å². The zero-order valence-electron chi connectivity index (χ0n) is 11.5. The van der Waals surface area contributed by atoms with Crippen molar-refractivity contribution in [2.75, 3.05) is 12.4 Å². The minimum Gasteiger partial charge on any atom is -0.311 e. The molecule has 1 aliphatic carbocycles. The molecule has 0 bridgehead atoms. The van der Waals surface area contributed by atoms with Crippen LogP contribution in [0.1, 0.15) is 44.0 Å². The highest BCUT2D eigenvalue weighted by atomic mass is 35.5. The summed E-state index contributed by atoms with van der Waals surface area (Å²) in [6.45, 7) is 4.06. The summed E-state index contributed by atoms with van der Waals surface area (Å²) < 4.78 is 1.98. The molecule has 1 fully saturated rings. The van der Waals surface area contributed by atoms with Gasteiger partial charge < -0.3 is 5.32 Å². The molecular formula is C14H24ClN3. The average Bonchev–Trinajstić information content (AvgIpc) is 2.98. The molecule has 0 amide bonds. The maximum Gasteiger partial charge on any atom is 0.0625 e. The third kappa shape index (κ3) is 3.07. The van der Waals surface area contributed by atoms with Crippen LogP contribution in [-0.2, 0) is 20.0 Å². The van der Waals surface area contributed by atoms with Crippen LogP contribution >= 0.6 is 11.6 Å². The van der Waals surface area contributed by atoms with Gasteiger partial charge in [-0.05, 0) is 30.7 Å².